The molecular formula is C35H33N3O7S. The van der Waals surface area contributed by atoms with Crippen LogP contribution in [0.4, 0.5) is 5.69 Å². The Morgan fingerprint density at radius 2 is 1.76 bits per heavy atom. The lowest BCUT2D eigenvalue weighted by molar-refractivity contribution is -0.384. The molecule has 5 rings (SSSR count). The molecule has 0 amide bonds. The summed E-state index contributed by atoms with van der Waals surface area (Å²) in [5.41, 5.74) is 3.15. The lowest BCUT2D eigenvalue weighted by Gasteiger charge is -2.26. The van der Waals surface area contributed by atoms with E-state index >= 15 is 0 Å². The van der Waals surface area contributed by atoms with Crippen molar-refractivity contribution in [1.29, 1.82) is 0 Å². The van der Waals surface area contributed by atoms with Crippen molar-refractivity contribution in [3.63, 3.8) is 0 Å². The molecule has 11 heteroatoms. The fraction of sp³-hybridized carbons (Fsp3) is 0.257. The fourth-order valence-electron chi connectivity index (χ4n) is 5.20. The van der Waals surface area contributed by atoms with Gasteiger partial charge in [0.15, 0.2) is 4.80 Å². The number of esters is 2. The molecule has 236 valence electrons. The van der Waals surface area contributed by atoms with Crippen LogP contribution in [0.1, 0.15) is 79.5 Å². The smallest absolute Gasteiger partial charge is 0.343 e. The lowest BCUT2D eigenvalue weighted by atomic mass is 9.92. The van der Waals surface area contributed by atoms with E-state index in [-0.39, 0.29) is 29.2 Å². The number of ether oxygens (including phenoxy) is 2. The molecule has 2 heterocycles. The molecule has 0 N–H and O–H groups in total. The van der Waals surface area contributed by atoms with E-state index in [1.807, 2.05) is 31.2 Å². The van der Waals surface area contributed by atoms with Crippen LogP contribution in [0, 0.1) is 10.1 Å². The maximum atomic E-state index is 14.0. The monoisotopic (exact) mass is 639 g/mol. The third-order valence-electron chi connectivity index (χ3n) is 7.49. The normalized spacial score (nSPS) is 14.5. The Morgan fingerprint density at radius 1 is 1.04 bits per heavy atom. The number of nitrogens with zero attached hydrogens (tertiary/aromatic N) is 3. The van der Waals surface area contributed by atoms with Gasteiger partial charge in [-0.15, -0.1) is 0 Å². The van der Waals surface area contributed by atoms with E-state index in [1.165, 1.54) is 29.5 Å². The summed E-state index contributed by atoms with van der Waals surface area (Å²) < 4.78 is 12.9. The van der Waals surface area contributed by atoms with Gasteiger partial charge in [0, 0.05) is 12.1 Å². The predicted octanol–water partition coefficient (Wildman–Crippen LogP) is 5.83. The van der Waals surface area contributed by atoms with Crippen molar-refractivity contribution in [2.45, 2.75) is 52.5 Å². The molecule has 0 unspecified atom stereocenters. The fourth-order valence-corrected chi connectivity index (χ4v) is 6.22. The number of nitro groups is 1. The SMILES string of the molecule is CCCC1=C(C(=O)OCC)[C@H](c2ccc(C(C)C)cc2)n2c(s/c(=C\c3ccc(OC(=O)c4cccc([N+](=O)[O-])c4)cc3)c2=O)=N1. The van der Waals surface area contributed by atoms with Crippen LogP contribution < -0.4 is 19.6 Å². The van der Waals surface area contributed by atoms with Crippen LogP contribution in [0.3, 0.4) is 0 Å². The van der Waals surface area contributed by atoms with E-state index in [4.69, 9.17) is 14.5 Å². The van der Waals surface area contributed by atoms with Crippen LogP contribution in [-0.2, 0) is 9.53 Å². The van der Waals surface area contributed by atoms with Crippen LogP contribution in [0.2, 0.25) is 0 Å². The molecule has 0 radical (unpaired) electrons. The highest BCUT2D eigenvalue weighted by molar-refractivity contribution is 7.07. The molecule has 1 aliphatic rings. The Labute approximate surface area is 269 Å². The summed E-state index contributed by atoms with van der Waals surface area (Å²) in [6, 6.07) is 19.1. The van der Waals surface area contributed by atoms with Gasteiger partial charge in [0.2, 0.25) is 0 Å². The Morgan fingerprint density at radius 3 is 2.39 bits per heavy atom. The molecule has 1 aromatic heterocycles. The molecule has 10 nitrogen and oxygen atoms in total. The average molecular weight is 640 g/mol. The minimum Gasteiger partial charge on any atom is -0.463 e. The molecule has 0 spiro atoms. The number of nitro benzene ring substituents is 1. The van der Waals surface area contributed by atoms with Gasteiger partial charge < -0.3 is 9.47 Å². The predicted molar refractivity (Wildman–Crippen MR) is 175 cm³/mol. The van der Waals surface area contributed by atoms with Gasteiger partial charge in [-0.2, -0.15) is 0 Å². The lowest BCUT2D eigenvalue weighted by Crippen LogP contribution is -2.40. The topological polar surface area (TPSA) is 130 Å². The number of allylic oxidation sites excluding steroid dienone is 1. The summed E-state index contributed by atoms with van der Waals surface area (Å²) in [4.78, 5) is 55.7. The highest BCUT2D eigenvalue weighted by Gasteiger charge is 2.34. The number of benzene rings is 3. The third-order valence-corrected chi connectivity index (χ3v) is 8.48. The van der Waals surface area contributed by atoms with Crippen molar-refractivity contribution in [1.82, 2.24) is 4.57 Å². The minimum absolute atomic E-state index is 0.0532. The molecule has 0 saturated carbocycles. The quantitative estimate of drug-likeness (QED) is 0.0924. The number of hydrogen-bond donors (Lipinski definition) is 0. The van der Waals surface area contributed by atoms with E-state index in [0.717, 1.165) is 23.6 Å². The second-order valence-electron chi connectivity index (χ2n) is 11.0. The number of thiazole rings is 1. The second kappa shape index (κ2) is 13.9. The van der Waals surface area contributed by atoms with Crippen molar-refractivity contribution in [3.05, 3.63) is 136 Å². The number of hydrogen-bond acceptors (Lipinski definition) is 9. The number of fused-ring (bicyclic) bond motifs is 1. The van der Waals surface area contributed by atoms with Gasteiger partial charge in [-0.3, -0.25) is 19.5 Å². The molecule has 3 aromatic carbocycles. The molecular weight excluding hydrogens is 606 g/mol. The standard InChI is InChI=1S/C35H33N3O7S/c1-5-8-28-30(34(41)44-6-2)31(24-15-13-23(14-16-24)21(3)4)37-32(39)29(46-35(37)36-28)19-22-11-17-27(18-12-22)45-33(40)25-9-7-10-26(20-25)38(42)43/h7,9-21,31H,5-6,8H2,1-4H3/b29-19-/t31-/m0/s1. The first-order chi connectivity index (χ1) is 22.1. The second-order valence-corrected chi connectivity index (χ2v) is 12.0. The number of carbonyl (C=O) groups excluding carboxylic acids is 2. The molecule has 4 aromatic rings. The molecule has 1 aliphatic heterocycles. The molecule has 0 bridgehead atoms. The summed E-state index contributed by atoms with van der Waals surface area (Å²) in [5, 5.41) is 11.1. The van der Waals surface area contributed by atoms with E-state index in [1.54, 1.807) is 41.8 Å². The molecule has 0 fully saturated rings. The van der Waals surface area contributed by atoms with Crippen LogP contribution >= 0.6 is 11.3 Å². The van der Waals surface area contributed by atoms with Crippen LogP contribution in [0.25, 0.3) is 6.08 Å². The number of aromatic nitrogens is 1. The number of carbonyl (C=O) groups is 2. The van der Waals surface area contributed by atoms with Gasteiger partial charge in [0.1, 0.15) is 5.75 Å². The highest BCUT2D eigenvalue weighted by atomic mass is 32.1. The molecule has 0 saturated heterocycles. The summed E-state index contributed by atoms with van der Waals surface area (Å²) >= 11 is 1.24. The van der Waals surface area contributed by atoms with Crippen molar-refractivity contribution in [2.75, 3.05) is 6.61 Å². The largest absolute Gasteiger partial charge is 0.463 e. The van der Waals surface area contributed by atoms with E-state index in [2.05, 4.69) is 13.8 Å². The van der Waals surface area contributed by atoms with Crippen molar-refractivity contribution in [3.8, 4) is 5.75 Å². The van der Waals surface area contributed by atoms with E-state index in [0.29, 0.717) is 38.5 Å². The minimum atomic E-state index is -0.730. The van der Waals surface area contributed by atoms with Crippen LogP contribution in [-0.4, -0.2) is 28.0 Å². The van der Waals surface area contributed by atoms with Gasteiger partial charge in [-0.1, -0.05) is 81.0 Å². The Hall–Kier alpha value is -5.16. The zero-order valence-electron chi connectivity index (χ0n) is 25.9. The summed E-state index contributed by atoms with van der Waals surface area (Å²) in [6.45, 7) is 8.17. The summed E-state index contributed by atoms with van der Waals surface area (Å²) in [7, 11) is 0. The van der Waals surface area contributed by atoms with Gasteiger partial charge in [-0.05, 0) is 60.2 Å². The van der Waals surface area contributed by atoms with Gasteiger partial charge in [-0.25, -0.2) is 14.6 Å². The summed E-state index contributed by atoms with van der Waals surface area (Å²) in [5.74, 6) is -0.659. The number of rotatable bonds is 10. The van der Waals surface area contributed by atoms with E-state index in [9.17, 15) is 24.5 Å². The first-order valence-corrected chi connectivity index (χ1v) is 15.8. The Balaban J connectivity index is 1.52. The Bertz CT molecular complexity index is 2010. The van der Waals surface area contributed by atoms with Crippen molar-refractivity contribution < 1.29 is 24.0 Å². The van der Waals surface area contributed by atoms with Crippen molar-refractivity contribution in [2.24, 2.45) is 4.99 Å². The third kappa shape index (κ3) is 6.74. The van der Waals surface area contributed by atoms with Gasteiger partial charge in [0.05, 0.1) is 38.9 Å². The highest BCUT2D eigenvalue weighted by Crippen LogP contribution is 2.33. The molecule has 1 atom stereocenters. The zero-order valence-corrected chi connectivity index (χ0v) is 26.7. The number of non-ortho nitro benzene ring substituents is 1. The van der Waals surface area contributed by atoms with Crippen molar-refractivity contribution >= 4 is 35.0 Å². The molecule has 46 heavy (non-hydrogen) atoms. The zero-order chi connectivity index (χ0) is 33.0. The maximum Gasteiger partial charge on any atom is 0.343 e. The van der Waals surface area contributed by atoms with Gasteiger partial charge in [0.25, 0.3) is 11.2 Å². The maximum absolute atomic E-state index is 14.0. The Kier molecular flexibility index (Phi) is 9.72. The van der Waals surface area contributed by atoms with Gasteiger partial charge >= 0.3 is 11.9 Å². The van der Waals surface area contributed by atoms with Crippen LogP contribution in [0.15, 0.2) is 93.9 Å². The van der Waals surface area contributed by atoms with Crippen LogP contribution in [0.5, 0.6) is 5.75 Å². The summed E-state index contributed by atoms with van der Waals surface area (Å²) in [6.07, 6.45) is 3.03. The average Bonchev–Trinajstić information content (AvgIpc) is 3.35. The first-order valence-electron chi connectivity index (χ1n) is 15.0. The first kappa shape index (κ1) is 32.2. The molecule has 0 aliphatic carbocycles. The van der Waals surface area contributed by atoms with E-state index < -0.39 is 22.9 Å².